The molecular weight excluding hydrogens is 282 g/mol. The quantitative estimate of drug-likeness (QED) is 0.855. The average Bonchev–Trinajstić information content (AvgIpc) is 2.85. The molecule has 1 aromatic carbocycles. The molecule has 21 heavy (non-hydrogen) atoms. The first-order chi connectivity index (χ1) is 10.2. The molecular formula is C16H21N3OS. The molecule has 112 valence electrons. The van der Waals surface area contributed by atoms with Gasteiger partial charge in [-0.15, -0.1) is 11.3 Å². The fourth-order valence-corrected chi connectivity index (χ4v) is 2.96. The van der Waals surface area contributed by atoms with Gasteiger partial charge in [0.25, 0.3) is 0 Å². The highest BCUT2D eigenvalue weighted by Crippen LogP contribution is 2.16. The number of nitrogens with zero attached hydrogens (tertiary/aromatic N) is 2. The topological polar surface area (TPSA) is 45.2 Å². The van der Waals surface area contributed by atoms with Gasteiger partial charge >= 0.3 is 0 Å². The molecule has 5 heteroatoms. The molecule has 0 saturated heterocycles. The monoisotopic (exact) mass is 303 g/mol. The van der Waals surface area contributed by atoms with E-state index in [1.807, 2.05) is 37.6 Å². The second-order valence-electron chi connectivity index (χ2n) is 4.95. The Bertz CT molecular complexity index is 568. The largest absolute Gasteiger partial charge is 0.355 e. The zero-order chi connectivity index (χ0) is 15.1. The standard InChI is InChI=1S/C16H21N3OS/c1-3-17-16(20)11-19(9-14-7-5-4-6-8-14)10-15-13(2)18-12-21-15/h4-8,12H,3,9-11H2,1-2H3,(H,17,20). The molecule has 0 aliphatic rings. The van der Waals surface area contributed by atoms with Crippen molar-refractivity contribution in [3.05, 3.63) is 52.0 Å². The predicted molar refractivity (Wildman–Crippen MR) is 86.1 cm³/mol. The van der Waals surface area contributed by atoms with Crippen molar-refractivity contribution in [2.75, 3.05) is 13.1 Å². The van der Waals surface area contributed by atoms with Crippen molar-refractivity contribution in [1.29, 1.82) is 0 Å². The number of carbonyl (C=O) groups excluding carboxylic acids is 1. The SMILES string of the molecule is CCNC(=O)CN(Cc1ccccc1)Cc1scnc1C. The molecule has 0 spiro atoms. The Balaban J connectivity index is 2.06. The lowest BCUT2D eigenvalue weighted by molar-refractivity contribution is -0.122. The van der Waals surface area contributed by atoms with Gasteiger partial charge in [0, 0.05) is 24.5 Å². The molecule has 0 saturated carbocycles. The van der Waals surface area contributed by atoms with Crippen LogP contribution in [0.3, 0.4) is 0 Å². The Morgan fingerprint density at radius 3 is 2.67 bits per heavy atom. The fourth-order valence-electron chi connectivity index (χ4n) is 2.15. The second-order valence-corrected chi connectivity index (χ2v) is 5.88. The van der Waals surface area contributed by atoms with E-state index >= 15 is 0 Å². The summed E-state index contributed by atoms with van der Waals surface area (Å²) < 4.78 is 0. The van der Waals surface area contributed by atoms with Crippen molar-refractivity contribution in [2.24, 2.45) is 0 Å². The summed E-state index contributed by atoms with van der Waals surface area (Å²) in [6, 6.07) is 10.2. The van der Waals surface area contributed by atoms with Gasteiger partial charge in [0.1, 0.15) is 0 Å². The lowest BCUT2D eigenvalue weighted by atomic mass is 10.2. The number of carbonyl (C=O) groups is 1. The van der Waals surface area contributed by atoms with Crippen LogP contribution in [0.4, 0.5) is 0 Å². The molecule has 0 fully saturated rings. The molecule has 0 atom stereocenters. The van der Waals surface area contributed by atoms with Crippen LogP contribution in [0, 0.1) is 6.92 Å². The predicted octanol–water partition coefficient (Wildman–Crippen LogP) is 2.59. The van der Waals surface area contributed by atoms with E-state index in [1.54, 1.807) is 11.3 Å². The number of benzene rings is 1. The molecule has 0 aliphatic carbocycles. The van der Waals surface area contributed by atoms with Crippen LogP contribution >= 0.6 is 11.3 Å². The van der Waals surface area contributed by atoms with Crippen molar-refractivity contribution in [1.82, 2.24) is 15.2 Å². The normalized spacial score (nSPS) is 10.8. The molecule has 1 aromatic heterocycles. The van der Waals surface area contributed by atoms with Gasteiger partial charge in [-0.3, -0.25) is 9.69 Å². The highest BCUT2D eigenvalue weighted by atomic mass is 32.1. The summed E-state index contributed by atoms with van der Waals surface area (Å²) in [5.74, 6) is 0.0654. The zero-order valence-corrected chi connectivity index (χ0v) is 13.3. The number of likely N-dealkylation sites (N-methyl/N-ethyl adjacent to an activating group) is 1. The number of nitrogens with one attached hydrogen (secondary N) is 1. The van der Waals surface area contributed by atoms with E-state index in [9.17, 15) is 4.79 Å². The minimum Gasteiger partial charge on any atom is -0.355 e. The molecule has 2 aromatic rings. The first-order valence-corrected chi connectivity index (χ1v) is 7.99. The minimum absolute atomic E-state index is 0.0654. The molecule has 0 unspecified atom stereocenters. The molecule has 1 N–H and O–H groups in total. The maximum Gasteiger partial charge on any atom is 0.234 e. The van der Waals surface area contributed by atoms with Gasteiger partial charge in [-0.1, -0.05) is 30.3 Å². The molecule has 1 heterocycles. The van der Waals surface area contributed by atoms with Gasteiger partial charge in [0.15, 0.2) is 0 Å². The summed E-state index contributed by atoms with van der Waals surface area (Å²) >= 11 is 1.64. The second kappa shape index (κ2) is 7.90. The average molecular weight is 303 g/mol. The van der Waals surface area contributed by atoms with Crippen LogP contribution in [0.25, 0.3) is 0 Å². The number of thiazole rings is 1. The van der Waals surface area contributed by atoms with Crippen molar-refractivity contribution in [3.63, 3.8) is 0 Å². The van der Waals surface area contributed by atoms with Crippen LogP contribution in [0.1, 0.15) is 23.1 Å². The van der Waals surface area contributed by atoms with Crippen LogP contribution in [0.2, 0.25) is 0 Å². The summed E-state index contributed by atoms with van der Waals surface area (Å²) in [6.45, 7) is 6.53. The fraction of sp³-hybridized carbons (Fsp3) is 0.375. The third-order valence-electron chi connectivity index (χ3n) is 3.20. The van der Waals surface area contributed by atoms with E-state index in [0.29, 0.717) is 13.1 Å². The van der Waals surface area contributed by atoms with Crippen LogP contribution in [-0.2, 0) is 17.9 Å². The summed E-state index contributed by atoms with van der Waals surface area (Å²) in [6.07, 6.45) is 0. The third-order valence-corrected chi connectivity index (χ3v) is 4.12. The molecule has 4 nitrogen and oxygen atoms in total. The van der Waals surface area contributed by atoms with Crippen molar-refractivity contribution >= 4 is 17.2 Å². The van der Waals surface area contributed by atoms with Crippen LogP contribution in [0.5, 0.6) is 0 Å². The number of aromatic nitrogens is 1. The molecule has 2 rings (SSSR count). The molecule has 0 aliphatic heterocycles. The van der Waals surface area contributed by atoms with Crippen LogP contribution in [0.15, 0.2) is 35.8 Å². The first kappa shape index (κ1) is 15.7. The lowest BCUT2D eigenvalue weighted by Crippen LogP contribution is -2.36. The molecule has 1 amide bonds. The Kier molecular flexibility index (Phi) is 5.90. The Labute approximate surface area is 129 Å². The van der Waals surface area contributed by atoms with E-state index in [4.69, 9.17) is 0 Å². The minimum atomic E-state index is 0.0654. The summed E-state index contributed by atoms with van der Waals surface area (Å²) in [4.78, 5) is 19.5. The smallest absolute Gasteiger partial charge is 0.234 e. The lowest BCUT2D eigenvalue weighted by Gasteiger charge is -2.21. The van der Waals surface area contributed by atoms with Crippen molar-refractivity contribution in [3.8, 4) is 0 Å². The van der Waals surface area contributed by atoms with Crippen molar-refractivity contribution in [2.45, 2.75) is 26.9 Å². The van der Waals surface area contributed by atoms with Gasteiger partial charge in [-0.25, -0.2) is 4.98 Å². The number of aryl methyl sites for hydroxylation is 1. The maximum atomic E-state index is 11.9. The Morgan fingerprint density at radius 2 is 2.05 bits per heavy atom. The van der Waals surface area contributed by atoms with E-state index in [2.05, 4.69) is 27.3 Å². The molecule has 0 radical (unpaired) electrons. The summed E-state index contributed by atoms with van der Waals surface area (Å²) in [5.41, 5.74) is 4.12. The molecule has 0 bridgehead atoms. The van der Waals surface area contributed by atoms with Crippen LogP contribution < -0.4 is 5.32 Å². The van der Waals surface area contributed by atoms with Gasteiger partial charge in [0.05, 0.1) is 17.7 Å². The van der Waals surface area contributed by atoms with Gasteiger partial charge < -0.3 is 5.32 Å². The highest BCUT2D eigenvalue weighted by Gasteiger charge is 2.13. The van der Waals surface area contributed by atoms with Gasteiger partial charge in [-0.05, 0) is 19.4 Å². The van der Waals surface area contributed by atoms with Gasteiger partial charge in [-0.2, -0.15) is 0 Å². The number of amides is 1. The van der Waals surface area contributed by atoms with Crippen molar-refractivity contribution < 1.29 is 4.79 Å². The Hall–Kier alpha value is -1.72. The van der Waals surface area contributed by atoms with E-state index in [1.165, 1.54) is 10.4 Å². The third kappa shape index (κ3) is 4.95. The van der Waals surface area contributed by atoms with Gasteiger partial charge in [0.2, 0.25) is 5.91 Å². The highest BCUT2D eigenvalue weighted by molar-refractivity contribution is 7.09. The number of hydrogen-bond acceptors (Lipinski definition) is 4. The number of hydrogen-bond donors (Lipinski definition) is 1. The van der Waals surface area contributed by atoms with E-state index in [0.717, 1.165) is 18.8 Å². The maximum absolute atomic E-state index is 11.9. The zero-order valence-electron chi connectivity index (χ0n) is 12.5. The number of rotatable bonds is 7. The van der Waals surface area contributed by atoms with Crippen LogP contribution in [-0.4, -0.2) is 28.9 Å². The first-order valence-electron chi connectivity index (χ1n) is 7.11. The van der Waals surface area contributed by atoms with E-state index < -0.39 is 0 Å². The summed E-state index contributed by atoms with van der Waals surface area (Å²) in [7, 11) is 0. The summed E-state index contributed by atoms with van der Waals surface area (Å²) in [5, 5.41) is 2.86. The van der Waals surface area contributed by atoms with E-state index in [-0.39, 0.29) is 5.91 Å². The Morgan fingerprint density at radius 1 is 1.29 bits per heavy atom.